The molecule has 3 rings (SSSR count). The third-order valence-corrected chi connectivity index (χ3v) is 4.93. The van der Waals surface area contributed by atoms with Crippen molar-refractivity contribution in [3.05, 3.63) is 23.7 Å². The van der Waals surface area contributed by atoms with Gasteiger partial charge in [-0.05, 0) is 57.2 Å². The monoisotopic (exact) mass is 262 g/mol. The lowest BCUT2D eigenvalue weighted by atomic mass is 9.91. The van der Waals surface area contributed by atoms with Crippen molar-refractivity contribution in [3.8, 4) is 0 Å². The molecule has 1 heterocycles. The molecule has 2 atom stereocenters. The van der Waals surface area contributed by atoms with E-state index in [1.165, 1.54) is 25.0 Å². The Balaban J connectivity index is 1.54. The normalized spacial score (nSPS) is 34.7. The van der Waals surface area contributed by atoms with Crippen molar-refractivity contribution in [1.29, 1.82) is 0 Å². The smallest absolute Gasteiger partial charge is 0.118 e. The molecule has 2 N–H and O–H groups in total. The van der Waals surface area contributed by atoms with Crippen LogP contribution in [0.2, 0.25) is 0 Å². The van der Waals surface area contributed by atoms with Crippen LogP contribution in [-0.4, -0.2) is 24.0 Å². The summed E-state index contributed by atoms with van der Waals surface area (Å²) in [6.45, 7) is 3.23. The third kappa shape index (κ3) is 3.03. The average molecular weight is 262 g/mol. The molecule has 3 nitrogen and oxygen atoms in total. The van der Waals surface area contributed by atoms with Gasteiger partial charge in [0.15, 0.2) is 0 Å². The number of nitrogens with two attached hydrogens (primary N) is 1. The van der Waals surface area contributed by atoms with Crippen LogP contribution in [0.4, 0.5) is 0 Å². The number of rotatable bonds is 4. The lowest BCUT2D eigenvalue weighted by molar-refractivity contribution is 0.165. The van der Waals surface area contributed by atoms with Gasteiger partial charge in [0.1, 0.15) is 11.5 Å². The Hall–Kier alpha value is -0.800. The maximum absolute atomic E-state index is 5.99. The highest BCUT2D eigenvalue weighted by Crippen LogP contribution is 2.47. The van der Waals surface area contributed by atoms with Crippen molar-refractivity contribution in [2.75, 3.05) is 7.05 Å². The van der Waals surface area contributed by atoms with Crippen LogP contribution >= 0.6 is 0 Å². The molecule has 0 bridgehead atoms. The standard InChI is InChI=1S/C16H26N2O/c1-11-9-15(11)16-8-7-14(19-16)10-18(2)13-5-3-12(17)4-6-13/h7-8,11-13,15H,3-6,9-10,17H2,1-2H3. The van der Waals surface area contributed by atoms with Gasteiger partial charge in [0.05, 0.1) is 6.54 Å². The molecule has 0 radical (unpaired) electrons. The zero-order chi connectivity index (χ0) is 13.4. The van der Waals surface area contributed by atoms with Gasteiger partial charge in [-0.15, -0.1) is 0 Å². The highest BCUT2D eigenvalue weighted by molar-refractivity contribution is 5.17. The topological polar surface area (TPSA) is 42.4 Å². The zero-order valence-electron chi connectivity index (χ0n) is 12.1. The molecule has 0 spiro atoms. The molecule has 0 aliphatic heterocycles. The van der Waals surface area contributed by atoms with Gasteiger partial charge in [0.2, 0.25) is 0 Å². The van der Waals surface area contributed by atoms with Crippen LogP contribution < -0.4 is 5.73 Å². The second-order valence-corrected chi connectivity index (χ2v) is 6.61. The quantitative estimate of drug-likeness (QED) is 0.906. The fraction of sp³-hybridized carbons (Fsp3) is 0.750. The molecule has 2 saturated carbocycles. The van der Waals surface area contributed by atoms with Gasteiger partial charge < -0.3 is 10.2 Å². The Morgan fingerprint density at radius 2 is 1.95 bits per heavy atom. The molecule has 3 heteroatoms. The van der Waals surface area contributed by atoms with Crippen molar-refractivity contribution in [2.45, 2.75) is 63.6 Å². The summed E-state index contributed by atoms with van der Waals surface area (Å²) >= 11 is 0. The van der Waals surface area contributed by atoms with Crippen LogP contribution in [0.5, 0.6) is 0 Å². The van der Waals surface area contributed by atoms with Crippen molar-refractivity contribution in [2.24, 2.45) is 11.7 Å². The minimum absolute atomic E-state index is 0.427. The van der Waals surface area contributed by atoms with Gasteiger partial charge in [-0.2, -0.15) is 0 Å². The first-order chi connectivity index (χ1) is 9.13. The number of furan rings is 1. The van der Waals surface area contributed by atoms with Gasteiger partial charge in [0, 0.05) is 18.0 Å². The van der Waals surface area contributed by atoms with E-state index in [0.29, 0.717) is 18.0 Å². The summed E-state index contributed by atoms with van der Waals surface area (Å²) in [6.07, 6.45) is 6.08. The van der Waals surface area contributed by atoms with Crippen LogP contribution in [-0.2, 0) is 6.54 Å². The van der Waals surface area contributed by atoms with Crippen LogP contribution in [0.25, 0.3) is 0 Å². The predicted molar refractivity (Wildman–Crippen MR) is 76.9 cm³/mol. The fourth-order valence-electron chi connectivity index (χ4n) is 3.31. The number of nitrogens with zero attached hydrogens (tertiary/aromatic N) is 1. The molecule has 1 aromatic rings. The summed E-state index contributed by atoms with van der Waals surface area (Å²) in [5, 5.41) is 0. The Morgan fingerprint density at radius 3 is 2.58 bits per heavy atom. The van der Waals surface area contributed by atoms with E-state index < -0.39 is 0 Å². The lowest BCUT2D eigenvalue weighted by Crippen LogP contribution is -2.38. The first-order valence-electron chi connectivity index (χ1n) is 7.68. The molecular weight excluding hydrogens is 236 g/mol. The van der Waals surface area contributed by atoms with E-state index >= 15 is 0 Å². The average Bonchev–Trinajstić information content (AvgIpc) is 2.94. The van der Waals surface area contributed by atoms with E-state index in [2.05, 4.69) is 31.0 Å². The molecule has 106 valence electrons. The highest BCUT2D eigenvalue weighted by Gasteiger charge is 2.36. The maximum atomic E-state index is 5.99. The minimum Gasteiger partial charge on any atom is -0.464 e. The summed E-state index contributed by atoms with van der Waals surface area (Å²) in [5.74, 6) is 3.82. The van der Waals surface area contributed by atoms with Crippen molar-refractivity contribution in [1.82, 2.24) is 4.90 Å². The molecule has 19 heavy (non-hydrogen) atoms. The SMILES string of the molecule is CC1CC1c1ccc(CN(C)C2CCC(N)CC2)o1. The Bertz CT molecular complexity index is 420. The van der Waals surface area contributed by atoms with Gasteiger partial charge in [-0.1, -0.05) is 6.92 Å². The molecule has 0 amide bonds. The molecule has 1 aromatic heterocycles. The molecule has 0 aromatic carbocycles. The van der Waals surface area contributed by atoms with Crippen LogP contribution in [0, 0.1) is 5.92 Å². The molecule has 2 fully saturated rings. The summed E-state index contributed by atoms with van der Waals surface area (Å²) in [7, 11) is 2.21. The van der Waals surface area contributed by atoms with Crippen molar-refractivity contribution >= 4 is 0 Å². The van der Waals surface area contributed by atoms with E-state index in [9.17, 15) is 0 Å². The summed E-state index contributed by atoms with van der Waals surface area (Å²) < 4.78 is 5.99. The van der Waals surface area contributed by atoms with Crippen LogP contribution in [0.1, 0.15) is 56.5 Å². The van der Waals surface area contributed by atoms with Crippen molar-refractivity contribution in [3.63, 3.8) is 0 Å². The number of hydrogen-bond donors (Lipinski definition) is 1. The van der Waals surface area contributed by atoms with E-state index in [1.807, 2.05) is 0 Å². The van der Waals surface area contributed by atoms with E-state index in [-0.39, 0.29) is 0 Å². The second-order valence-electron chi connectivity index (χ2n) is 6.61. The van der Waals surface area contributed by atoms with E-state index in [1.54, 1.807) is 0 Å². The summed E-state index contributed by atoms with van der Waals surface area (Å²) in [4.78, 5) is 2.44. The first-order valence-corrected chi connectivity index (χ1v) is 7.68. The van der Waals surface area contributed by atoms with E-state index in [0.717, 1.165) is 31.1 Å². The zero-order valence-corrected chi connectivity index (χ0v) is 12.1. The summed E-state index contributed by atoms with van der Waals surface area (Å²) in [5.41, 5.74) is 5.97. The maximum Gasteiger partial charge on any atom is 0.118 e. The number of hydrogen-bond acceptors (Lipinski definition) is 3. The minimum atomic E-state index is 0.427. The first kappa shape index (κ1) is 13.2. The van der Waals surface area contributed by atoms with Crippen LogP contribution in [0.3, 0.4) is 0 Å². The predicted octanol–water partition coefficient (Wildman–Crippen LogP) is 3.10. The lowest BCUT2D eigenvalue weighted by Gasteiger charge is -2.32. The largest absolute Gasteiger partial charge is 0.464 e. The Labute approximate surface area is 116 Å². The molecule has 2 aliphatic rings. The Kier molecular flexibility index (Phi) is 3.68. The van der Waals surface area contributed by atoms with Crippen LogP contribution in [0.15, 0.2) is 16.5 Å². The molecule has 2 unspecified atom stereocenters. The second kappa shape index (κ2) is 5.29. The summed E-state index contributed by atoms with van der Waals surface area (Å²) in [6, 6.07) is 5.43. The Morgan fingerprint density at radius 1 is 1.26 bits per heavy atom. The highest BCUT2D eigenvalue weighted by atomic mass is 16.3. The molecule has 2 aliphatic carbocycles. The molecular formula is C16H26N2O. The third-order valence-electron chi connectivity index (χ3n) is 4.93. The van der Waals surface area contributed by atoms with Crippen molar-refractivity contribution < 1.29 is 4.42 Å². The van der Waals surface area contributed by atoms with E-state index in [4.69, 9.17) is 10.2 Å². The van der Waals surface area contributed by atoms with Gasteiger partial charge in [0.25, 0.3) is 0 Å². The molecule has 0 saturated heterocycles. The van der Waals surface area contributed by atoms with Gasteiger partial charge in [-0.25, -0.2) is 0 Å². The fourth-order valence-corrected chi connectivity index (χ4v) is 3.31. The van der Waals surface area contributed by atoms with Gasteiger partial charge in [-0.3, -0.25) is 4.90 Å². The van der Waals surface area contributed by atoms with Gasteiger partial charge >= 0.3 is 0 Å².